The molecule has 1 atom stereocenters. The number of aliphatic hydroxyl groups is 1. The first-order chi connectivity index (χ1) is 15.4. The topological polar surface area (TPSA) is 46.2 Å². The fraction of sp³-hybridized carbons (Fsp3) is 0.310. The van der Waals surface area contributed by atoms with Crippen molar-refractivity contribution < 1.29 is 5.11 Å². The van der Waals surface area contributed by atoms with E-state index in [-0.39, 0.29) is 0 Å². The predicted molar refractivity (Wildman–Crippen MR) is 145 cm³/mol. The maximum absolute atomic E-state index is 11.1. The van der Waals surface area contributed by atoms with Crippen LogP contribution in [0.1, 0.15) is 72.6 Å². The zero-order valence-electron chi connectivity index (χ0n) is 19.7. The third-order valence-electron chi connectivity index (χ3n) is 5.63. The monoisotopic (exact) mass is 447 g/mol. The van der Waals surface area contributed by atoms with Gasteiger partial charge in [-0.1, -0.05) is 91.9 Å². The summed E-state index contributed by atoms with van der Waals surface area (Å²) in [6.45, 7) is 13.8. The van der Waals surface area contributed by atoms with Crippen LogP contribution in [-0.2, 0) is 18.6 Å². The molecule has 0 bridgehead atoms. The Morgan fingerprint density at radius 1 is 0.969 bits per heavy atom. The van der Waals surface area contributed by atoms with Crippen molar-refractivity contribution in [1.29, 1.82) is 0 Å². The highest BCUT2D eigenvalue weighted by molar-refractivity contribution is 7.96. The van der Waals surface area contributed by atoms with Crippen LogP contribution in [-0.4, -0.2) is 10.7 Å². The van der Waals surface area contributed by atoms with Gasteiger partial charge >= 0.3 is 0 Å². The van der Waals surface area contributed by atoms with Crippen molar-refractivity contribution in [2.75, 3.05) is 0 Å². The van der Waals surface area contributed by atoms with Crippen molar-refractivity contribution in [3.63, 3.8) is 0 Å². The highest BCUT2D eigenvalue weighted by Crippen LogP contribution is 2.27. The SMILES string of the molecule is C=Cc1ccc(CCCC(C)(O)Cc2cc(/C=C\C)c(C=C)c(CSN)c2)cc1/C=C\C. The lowest BCUT2D eigenvalue weighted by Crippen LogP contribution is -2.27. The molecule has 32 heavy (non-hydrogen) atoms. The minimum absolute atomic E-state index is 0.608. The Morgan fingerprint density at radius 2 is 1.66 bits per heavy atom. The first-order valence-electron chi connectivity index (χ1n) is 11.2. The summed E-state index contributed by atoms with van der Waals surface area (Å²) in [6.07, 6.45) is 15.3. The molecular formula is C29H37NOS. The van der Waals surface area contributed by atoms with Crippen LogP contribution in [0.15, 0.2) is 55.6 Å². The number of aryl methyl sites for hydroxylation is 1. The van der Waals surface area contributed by atoms with Crippen LogP contribution in [0.5, 0.6) is 0 Å². The van der Waals surface area contributed by atoms with Gasteiger partial charge in [0.2, 0.25) is 0 Å². The van der Waals surface area contributed by atoms with Gasteiger partial charge in [-0.15, -0.1) is 0 Å². The second-order valence-electron chi connectivity index (χ2n) is 8.47. The van der Waals surface area contributed by atoms with Crippen molar-refractivity contribution in [3.8, 4) is 0 Å². The van der Waals surface area contributed by atoms with E-state index in [0.29, 0.717) is 6.42 Å². The molecule has 2 rings (SSSR count). The van der Waals surface area contributed by atoms with Crippen LogP contribution in [0.4, 0.5) is 0 Å². The second kappa shape index (κ2) is 12.6. The smallest absolute Gasteiger partial charge is 0.0660 e. The van der Waals surface area contributed by atoms with Crippen LogP contribution in [0.2, 0.25) is 0 Å². The first-order valence-corrected chi connectivity index (χ1v) is 12.2. The molecule has 2 nitrogen and oxygen atoms in total. The Balaban J connectivity index is 2.12. The van der Waals surface area contributed by atoms with E-state index in [1.807, 2.05) is 45.1 Å². The van der Waals surface area contributed by atoms with E-state index in [4.69, 9.17) is 5.14 Å². The molecule has 0 amide bonds. The molecule has 0 radical (unpaired) electrons. The van der Waals surface area contributed by atoms with Crippen molar-refractivity contribution in [2.24, 2.45) is 5.14 Å². The van der Waals surface area contributed by atoms with E-state index in [0.717, 1.165) is 52.8 Å². The van der Waals surface area contributed by atoms with Gasteiger partial charge in [-0.2, -0.15) is 0 Å². The number of rotatable bonds is 12. The fourth-order valence-electron chi connectivity index (χ4n) is 4.17. The van der Waals surface area contributed by atoms with Crippen molar-refractivity contribution in [2.45, 2.75) is 57.8 Å². The zero-order chi connectivity index (χ0) is 23.6. The summed E-state index contributed by atoms with van der Waals surface area (Å²) in [7, 11) is 0. The molecule has 2 aromatic carbocycles. The van der Waals surface area contributed by atoms with E-state index in [1.165, 1.54) is 23.1 Å². The Morgan fingerprint density at radius 3 is 2.28 bits per heavy atom. The van der Waals surface area contributed by atoms with Crippen LogP contribution in [0.25, 0.3) is 24.3 Å². The summed E-state index contributed by atoms with van der Waals surface area (Å²) in [4.78, 5) is 0. The minimum atomic E-state index is -0.775. The Hall–Kier alpha value is -2.33. The van der Waals surface area contributed by atoms with Crippen molar-refractivity contribution in [3.05, 3.63) is 94.6 Å². The van der Waals surface area contributed by atoms with Gasteiger partial charge in [-0.25, -0.2) is 0 Å². The molecule has 0 aliphatic rings. The van der Waals surface area contributed by atoms with Gasteiger partial charge in [0.15, 0.2) is 0 Å². The number of nitrogens with two attached hydrogens (primary N) is 1. The normalized spacial score (nSPS) is 13.5. The first kappa shape index (κ1) is 25.9. The molecule has 2 aromatic rings. The molecular weight excluding hydrogens is 410 g/mol. The Bertz CT molecular complexity index is 985. The summed E-state index contributed by atoms with van der Waals surface area (Å²) < 4.78 is 0. The summed E-state index contributed by atoms with van der Waals surface area (Å²) in [6, 6.07) is 10.8. The summed E-state index contributed by atoms with van der Waals surface area (Å²) in [5.74, 6) is 0.719. The van der Waals surface area contributed by atoms with Crippen molar-refractivity contribution >= 4 is 36.3 Å². The summed E-state index contributed by atoms with van der Waals surface area (Å²) in [5.41, 5.74) is 7.37. The van der Waals surface area contributed by atoms with E-state index in [1.54, 1.807) is 0 Å². The molecule has 0 heterocycles. The minimum Gasteiger partial charge on any atom is -0.390 e. The van der Waals surface area contributed by atoms with Crippen LogP contribution in [0.3, 0.4) is 0 Å². The lowest BCUT2D eigenvalue weighted by Gasteiger charge is -2.24. The maximum Gasteiger partial charge on any atom is 0.0660 e. The lowest BCUT2D eigenvalue weighted by atomic mass is 9.87. The number of benzene rings is 2. The van der Waals surface area contributed by atoms with Crippen molar-refractivity contribution in [1.82, 2.24) is 0 Å². The molecule has 0 spiro atoms. The third kappa shape index (κ3) is 7.37. The van der Waals surface area contributed by atoms with E-state index >= 15 is 0 Å². The van der Waals surface area contributed by atoms with Gasteiger partial charge in [-0.05, 0) is 79.0 Å². The van der Waals surface area contributed by atoms with Crippen LogP contribution < -0.4 is 5.14 Å². The fourth-order valence-corrected chi connectivity index (χ4v) is 4.59. The largest absolute Gasteiger partial charge is 0.390 e. The van der Waals surface area contributed by atoms with Gasteiger partial charge in [0.25, 0.3) is 0 Å². The van der Waals surface area contributed by atoms with Gasteiger partial charge < -0.3 is 5.11 Å². The second-order valence-corrected chi connectivity index (χ2v) is 9.09. The highest BCUT2D eigenvalue weighted by Gasteiger charge is 2.21. The Kier molecular flexibility index (Phi) is 10.2. The third-order valence-corrected chi connectivity index (χ3v) is 6.11. The number of allylic oxidation sites excluding steroid dienone is 2. The van der Waals surface area contributed by atoms with Gasteiger partial charge in [0.1, 0.15) is 0 Å². The average molecular weight is 448 g/mol. The quantitative estimate of drug-likeness (QED) is 0.332. The molecule has 0 saturated carbocycles. The standard InChI is InChI=1S/C29H37NOS/c1-6-11-25-17-22(14-15-24(25)8-3)13-10-16-29(5,31)20-23-18-26(12-7-2)28(9-4)27(19-23)21-32-30/h6-9,11-12,14-15,17-19,31H,3-4,10,13,16,20-21,30H2,1-2,5H3/b11-6-,12-7-. The van der Waals surface area contributed by atoms with Gasteiger partial charge in [-0.3, -0.25) is 5.14 Å². The lowest BCUT2D eigenvalue weighted by molar-refractivity contribution is 0.0493. The van der Waals surface area contributed by atoms with E-state index in [2.05, 4.69) is 55.6 Å². The van der Waals surface area contributed by atoms with Crippen LogP contribution >= 0.6 is 11.9 Å². The zero-order valence-corrected chi connectivity index (χ0v) is 20.5. The van der Waals surface area contributed by atoms with Gasteiger partial charge in [0, 0.05) is 12.2 Å². The Labute approximate surface area is 198 Å². The molecule has 1 unspecified atom stereocenters. The number of hydrogen-bond donors (Lipinski definition) is 2. The van der Waals surface area contributed by atoms with Crippen LogP contribution in [0, 0.1) is 0 Å². The predicted octanol–water partition coefficient (Wildman–Crippen LogP) is 7.46. The van der Waals surface area contributed by atoms with Gasteiger partial charge in [0.05, 0.1) is 5.60 Å². The molecule has 0 aliphatic heterocycles. The maximum atomic E-state index is 11.1. The molecule has 0 saturated heterocycles. The molecule has 0 fully saturated rings. The number of hydrogen-bond acceptors (Lipinski definition) is 3. The molecule has 0 aromatic heterocycles. The molecule has 0 aliphatic carbocycles. The summed E-state index contributed by atoms with van der Waals surface area (Å²) >= 11 is 1.31. The van der Waals surface area contributed by atoms with E-state index < -0.39 is 5.60 Å². The highest BCUT2D eigenvalue weighted by atomic mass is 32.2. The molecule has 3 N–H and O–H groups in total. The average Bonchev–Trinajstić information content (AvgIpc) is 2.74. The van der Waals surface area contributed by atoms with E-state index in [9.17, 15) is 5.11 Å². The molecule has 3 heteroatoms. The summed E-state index contributed by atoms with van der Waals surface area (Å²) in [5, 5.41) is 16.9. The molecule has 170 valence electrons.